The Morgan fingerprint density at radius 3 is 2.83 bits per heavy atom. The predicted octanol–water partition coefficient (Wildman–Crippen LogP) is 3.87. The summed E-state index contributed by atoms with van der Waals surface area (Å²) in [7, 11) is 0. The second kappa shape index (κ2) is 5.72. The lowest BCUT2D eigenvalue weighted by molar-refractivity contribution is 1.11. The first kappa shape index (κ1) is 12.7. The van der Waals surface area contributed by atoms with E-state index in [9.17, 15) is 0 Å². The van der Waals surface area contributed by atoms with Crippen LogP contribution in [0, 0.1) is 11.3 Å². The van der Waals surface area contributed by atoms with Crippen molar-refractivity contribution in [2.75, 3.05) is 5.32 Å². The molecule has 0 radical (unpaired) electrons. The summed E-state index contributed by atoms with van der Waals surface area (Å²) in [6.45, 7) is 0.488. The molecule has 1 aromatic carbocycles. The van der Waals surface area contributed by atoms with Crippen LogP contribution in [0.3, 0.4) is 0 Å². The average molecular weight is 278 g/mol. The highest BCUT2D eigenvalue weighted by atomic mass is 35.5. The van der Waals surface area contributed by atoms with Crippen LogP contribution in [0.1, 0.15) is 11.1 Å². The fraction of sp³-hybridized carbons (Fsp3) is 0.0769. The third-order valence-corrected chi connectivity index (χ3v) is 2.98. The lowest BCUT2D eigenvalue weighted by atomic mass is 10.2. The van der Waals surface area contributed by atoms with Gasteiger partial charge in [-0.15, -0.1) is 0 Å². The number of nitrogens with zero attached hydrogens (tertiary/aromatic N) is 2. The molecule has 0 aliphatic heterocycles. The number of benzene rings is 1. The number of hydrogen-bond acceptors (Lipinski definition) is 3. The van der Waals surface area contributed by atoms with Crippen molar-refractivity contribution >= 4 is 29.0 Å². The lowest BCUT2D eigenvalue weighted by Crippen LogP contribution is -2.03. The number of halogens is 2. The number of hydrogen-bond donors (Lipinski definition) is 1. The fourth-order valence-corrected chi connectivity index (χ4v) is 1.96. The minimum Gasteiger partial charge on any atom is -0.365 e. The Morgan fingerprint density at radius 2 is 2.11 bits per heavy atom. The third kappa shape index (κ3) is 2.92. The summed E-state index contributed by atoms with van der Waals surface area (Å²) in [4.78, 5) is 4.11. The van der Waals surface area contributed by atoms with Gasteiger partial charge in [0.25, 0.3) is 0 Å². The summed E-state index contributed by atoms with van der Waals surface area (Å²) in [6, 6.07) is 10.8. The summed E-state index contributed by atoms with van der Waals surface area (Å²) < 4.78 is 0. The van der Waals surface area contributed by atoms with E-state index in [1.54, 1.807) is 30.5 Å². The molecule has 0 unspecified atom stereocenters. The monoisotopic (exact) mass is 277 g/mol. The van der Waals surface area contributed by atoms with Gasteiger partial charge in [0.1, 0.15) is 11.9 Å². The van der Waals surface area contributed by atoms with E-state index in [2.05, 4.69) is 16.4 Å². The second-order valence-electron chi connectivity index (χ2n) is 3.60. The van der Waals surface area contributed by atoms with Gasteiger partial charge in [0.15, 0.2) is 0 Å². The highest BCUT2D eigenvalue weighted by Crippen LogP contribution is 2.22. The SMILES string of the molecule is N#Cc1cccnc1NCc1ccc(Cl)cc1Cl. The van der Waals surface area contributed by atoms with Crippen LogP contribution in [0.2, 0.25) is 10.0 Å². The molecule has 0 saturated carbocycles. The van der Waals surface area contributed by atoms with Crippen molar-refractivity contribution in [1.29, 1.82) is 5.26 Å². The number of rotatable bonds is 3. The van der Waals surface area contributed by atoms with Gasteiger partial charge in [-0.05, 0) is 29.8 Å². The third-order valence-electron chi connectivity index (χ3n) is 2.39. The Labute approximate surface area is 115 Å². The van der Waals surface area contributed by atoms with Crippen LogP contribution in [-0.2, 0) is 6.54 Å². The molecule has 0 spiro atoms. The average Bonchev–Trinajstić information content (AvgIpc) is 2.38. The molecule has 2 rings (SSSR count). The number of nitrogens with one attached hydrogen (secondary N) is 1. The normalized spacial score (nSPS) is 9.83. The van der Waals surface area contributed by atoms with Crippen LogP contribution >= 0.6 is 23.2 Å². The van der Waals surface area contributed by atoms with Crippen molar-refractivity contribution in [2.24, 2.45) is 0 Å². The van der Waals surface area contributed by atoms with E-state index < -0.39 is 0 Å². The van der Waals surface area contributed by atoms with Crippen molar-refractivity contribution < 1.29 is 0 Å². The summed E-state index contributed by atoms with van der Waals surface area (Å²) in [6.07, 6.45) is 1.63. The maximum absolute atomic E-state index is 8.93. The van der Waals surface area contributed by atoms with E-state index in [1.807, 2.05) is 6.07 Å². The molecule has 18 heavy (non-hydrogen) atoms. The molecule has 0 aliphatic rings. The molecule has 5 heteroatoms. The van der Waals surface area contributed by atoms with E-state index in [0.29, 0.717) is 28.0 Å². The van der Waals surface area contributed by atoms with Gasteiger partial charge >= 0.3 is 0 Å². The summed E-state index contributed by atoms with van der Waals surface area (Å²) in [5.74, 6) is 0.547. The van der Waals surface area contributed by atoms with Crippen molar-refractivity contribution in [3.05, 3.63) is 57.7 Å². The molecule has 0 saturated heterocycles. The molecule has 1 N–H and O–H groups in total. The van der Waals surface area contributed by atoms with Gasteiger partial charge in [-0.1, -0.05) is 29.3 Å². The zero-order valence-corrected chi connectivity index (χ0v) is 10.8. The Kier molecular flexibility index (Phi) is 4.03. The van der Waals surface area contributed by atoms with Gasteiger partial charge in [0.05, 0.1) is 5.56 Å². The van der Waals surface area contributed by atoms with Crippen molar-refractivity contribution in [3.8, 4) is 6.07 Å². The van der Waals surface area contributed by atoms with E-state index in [-0.39, 0.29) is 0 Å². The van der Waals surface area contributed by atoms with Crippen molar-refractivity contribution in [1.82, 2.24) is 4.98 Å². The number of pyridine rings is 1. The molecule has 3 nitrogen and oxygen atoms in total. The molecule has 2 aromatic rings. The maximum atomic E-state index is 8.93. The number of aromatic nitrogens is 1. The molecule has 0 bridgehead atoms. The Hall–Kier alpha value is -1.76. The first-order valence-electron chi connectivity index (χ1n) is 5.23. The van der Waals surface area contributed by atoms with E-state index in [0.717, 1.165) is 5.56 Å². The summed E-state index contributed by atoms with van der Waals surface area (Å²) >= 11 is 11.9. The summed E-state index contributed by atoms with van der Waals surface area (Å²) in [5, 5.41) is 13.2. The van der Waals surface area contributed by atoms with Gasteiger partial charge in [0, 0.05) is 22.8 Å². The standard InChI is InChI=1S/C13H9Cl2N3/c14-11-4-3-10(12(15)6-11)8-18-13-9(7-16)2-1-5-17-13/h1-6H,8H2,(H,17,18). The van der Waals surface area contributed by atoms with Gasteiger partial charge < -0.3 is 5.32 Å². The van der Waals surface area contributed by atoms with Gasteiger partial charge in [-0.2, -0.15) is 5.26 Å². The van der Waals surface area contributed by atoms with E-state index >= 15 is 0 Å². The molecule has 90 valence electrons. The molecule has 0 amide bonds. The topological polar surface area (TPSA) is 48.7 Å². The number of anilines is 1. The predicted molar refractivity (Wildman–Crippen MR) is 72.7 cm³/mol. The maximum Gasteiger partial charge on any atom is 0.144 e. The van der Waals surface area contributed by atoms with Crippen molar-refractivity contribution in [2.45, 2.75) is 6.54 Å². The van der Waals surface area contributed by atoms with Gasteiger partial charge in [0.2, 0.25) is 0 Å². The molecule has 0 atom stereocenters. The molecule has 1 aromatic heterocycles. The quantitative estimate of drug-likeness (QED) is 0.927. The molecular weight excluding hydrogens is 269 g/mol. The fourth-order valence-electron chi connectivity index (χ4n) is 1.48. The van der Waals surface area contributed by atoms with Crippen LogP contribution in [-0.4, -0.2) is 4.98 Å². The minimum absolute atomic E-state index is 0.488. The Balaban J connectivity index is 2.14. The van der Waals surface area contributed by atoms with Crippen molar-refractivity contribution in [3.63, 3.8) is 0 Å². The van der Waals surface area contributed by atoms with Crippen LogP contribution < -0.4 is 5.32 Å². The minimum atomic E-state index is 0.488. The number of nitriles is 1. The van der Waals surface area contributed by atoms with Crippen LogP contribution in [0.15, 0.2) is 36.5 Å². The lowest BCUT2D eigenvalue weighted by Gasteiger charge is -2.08. The summed E-state index contributed by atoms with van der Waals surface area (Å²) in [5.41, 5.74) is 1.40. The van der Waals surface area contributed by atoms with E-state index in [1.165, 1.54) is 0 Å². The van der Waals surface area contributed by atoms with Crippen LogP contribution in [0.25, 0.3) is 0 Å². The molecular formula is C13H9Cl2N3. The second-order valence-corrected chi connectivity index (χ2v) is 4.44. The smallest absolute Gasteiger partial charge is 0.144 e. The zero-order chi connectivity index (χ0) is 13.0. The van der Waals surface area contributed by atoms with Crippen LogP contribution in [0.5, 0.6) is 0 Å². The first-order chi connectivity index (χ1) is 8.70. The zero-order valence-electron chi connectivity index (χ0n) is 9.32. The highest BCUT2D eigenvalue weighted by molar-refractivity contribution is 6.35. The largest absolute Gasteiger partial charge is 0.365 e. The molecule has 0 aliphatic carbocycles. The van der Waals surface area contributed by atoms with Gasteiger partial charge in [-0.25, -0.2) is 4.98 Å². The van der Waals surface area contributed by atoms with Gasteiger partial charge in [-0.3, -0.25) is 0 Å². The Bertz CT molecular complexity index is 605. The molecule has 1 heterocycles. The van der Waals surface area contributed by atoms with Crippen LogP contribution in [0.4, 0.5) is 5.82 Å². The molecule has 0 fully saturated rings. The first-order valence-corrected chi connectivity index (χ1v) is 5.99. The van der Waals surface area contributed by atoms with E-state index in [4.69, 9.17) is 28.5 Å². The highest BCUT2D eigenvalue weighted by Gasteiger charge is 2.04. The Morgan fingerprint density at radius 1 is 1.28 bits per heavy atom.